The summed E-state index contributed by atoms with van der Waals surface area (Å²) in [4.78, 5) is 16.5. The second-order valence-corrected chi connectivity index (χ2v) is 6.14. The minimum Gasteiger partial charge on any atom is -0.368 e. The van der Waals surface area contributed by atoms with E-state index in [1.165, 1.54) is 16.8 Å². The van der Waals surface area contributed by atoms with Gasteiger partial charge in [0.25, 0.3) is 0 Å². The lowest BCUT2D eigenvalue weighted by Gasteiger charge is -2.37. The van der Waals surface area contributed by atoms with Gasteiger partial charge in [-0.15, -0.1) is 0 Å². The van der Waals surface area contributed by atoms with Gasteiger partial charge in [0.2, 0.25) is 0 Å². The summed E-state index contributed by atoms with van der Waals surface area (Å²) < 4.78 is 5.46. The number of aryl methyl sites for hydroxylation is 1. The third-order valence-corrected chi connectivity index (χ3v) is 4.70. The molecule has 22 heavy (non-hydrogen) atoms. The fourth-order valence-electron chi connectivity index (χ4n) is 3.15. The number of anilines is 1. The van der Waals surface area contributed by atoms with Crippen LogP contribution in [0.4, 0.5) is 10.5 Å². The van der Waals surface area contributed by atoms with E-state index in [4.69, 9.17) is 4.74 Å². The molecule has 1 atom stereocenters. The van der Waals surface area contributed by atoms with Crippen molar-refractivity contribution in [1.29, 1.82) is 0 Å². The number of piperazine rings is 1. The van der Waals surface area contributed by atoms with E-state index in [1.807, 2.05) is 4.90 Å². The first kappa shape index (κ1) is 15.2. The van der Waals surface area contributed by atoms with Gasteiger partial charge in [-0.1, -0.05) is 12.1 Å². The van der Waals surface area contributed by atoms with Crippen LogP contribution in [0.1, 0.15) is 24.0 Å². The number of nitrogens with one attached hydrogen (secondary N) is 1. The molecule has 1 aromatic carbocycles. The third kappa shape index (κ3) is 3.19. The molecule has 3 rings (SSSR count). The molecule has 1 unspecified atom stereocenters. The molecule has 2 amide bonds. The Hall–Kier alpha value is -1.75. The molecule has 0 aromatic heterocycles. The van der Waals surface area contributed by atoms with Crippen molar-refractivity contribution < 1.29 is 9.53 Å². The molecule has 5 nitrogen and oxygen atoms in total. The van der Waals surface area contributed by atoms with Gasteiger partial charge in [-0.25, -0.2) is 4.79 Å². The maximum absolute atomic E-state index is 12.2. The summed E-state index contributed by atoms with van der Waals surface area (Å²) in [5.41, 5.74) is 3.94. The van der Waals surface area contributed by atoms with Crippen molar-refractivity contribution in [3.63, 3.8) is 0 Å². The van der Waals surface area contributed by atoms with Crippen LogP contribution in [0.15, 0.2) is 18.2 Å². The molecule has 1 aromatic rings. The number of urea groups is 1. The number of benzene rings is 1. The Morgan fingerprint density at radius 1 is 1.23 bits per heavy atom. The SMILES string of the molecule is Cc1cccc(N2CCN(C(=O)NC3CCCO3)CC2)c1C. The Labute approximate surface area is 132 Å². The van der Waals surface area contributed by atoms with Gasteiger partial charge in [-0.05, 0) is 43.9 Å². The molecular formula is C17H25N3O2. The summed E-state index contributed by atoms with van der Waals surface area (Å²) in [5, 5.41) is 2.97. The van der Waals surface area contributed by atoms with Crippen molar-refractivity contribution >= 4 is 11.7 Å². The van der Waals surface area contributed by atoms with Gasteiger partial charge in [0.1, 0.15) is 6.23 Å². The number of carbonyl (C=O) groups is 1. The molecule has 120 valence electrons. The van der Waals surface area contributed by atoms with Crippen molar-refractivity contribution in [2.75, 3.05) is 37.7 Å². The van der Waals surface area contributed by atoms with Crippen LogP contribution in [-0.4, -0.2) is 49.9 Å². The number of carbonyl (C=O) groups excluding carboxylic acids is 1. The highest BCUT2D eigenvalue weighted by Gasteiger charge is 2.25. The van der Waals surface area contributed by atoms with Crippen LogP contribution >= 0.6 is 0 Å². The predicted octanol–water partition coefficient (Wildman–Crippen LogP) is 2.27. The maximum Gasteiger partial charge on any atom is 0.319 e. The van der Waals surface area contributed by atoms with Gasteiger partial charge in [0.05, 0.1) is 0 Å². The van der Waals surface area contributed by atoms with Gasteiger partial charge in [0.15, 0.2) is 0 Å². The average molecular weight is 303 g/mol. The first-order valence-electron chi connectivity index (χ1n) is 8.13. The zero-order valence-electron chi connectivity index (χ0n) is 13.5. The normalized spacial score (nSPS) is 22.0. The maximum atomic E-state index is 12.2. The number of rotatable bonds is 2. The van der Waals surface area contributed by atoms with E-state index in [1.54, 1.807) is 0 Å². The number of amides is 2. The van der Waals surface area contributed by atoms with E-state index in [-0.39, 0.29) is 12.3 Å². The minimum absolute atomic E-state index is 0.00696. The zero-order valence-corrected chi connectivity index (χ0v) is 13.5. The lowest BCUT2D eigenvalue weighted by Crippen LogP contribution is -2.53. The number of hydrogen-bond acceptors (Lipinski definition) is 3. The van der Waals surface area contributed by atoms with Crippen LogP contribution in [0.5, 0.6) is 0 Å². The van der Waals surface area contributed by atoms with E-state index in [0.717, 1.165) is 45.6 Å². The minimum atomic E-state index is -0.0930. The second kappa shape index (κ2) is 6.57. The number of ether oxygens (including phenoxy) is 1. The first-order chi connectivity index (χ1) is 10.6. The molecule has 1 N–H and O–H groups in total. The smallest absolute Gasteiger partial charge is 0.319 e. The number of hydrogen-bond donors (Lipinski definition) is 1. The van der Waals surface area contributed by atoms with Gasteiger partial charge >= 0.3 is 6.03 Å². The van der Waals surface area contributed by atoms with Crippen molar-refractivity contribution in [3.05, 3.63) is 29.3 Å². The summed E-state index contributed by atoms with van der Waals surface area (Å²) >= 11 is 0. The van der Waals surface area contributed by atoms with E-state index in [9.17, 15) is 4.79 Å². The highest BCUT2D eigenvalue weighted by Crippen LogP contribution is 2.23. The lowest BCUT2D eigenvalue weighted by molar-refractivity contribution is 0.0831. The highest BCUT2D eigenvalue weighted by atomic mass is 16.5. The Balaban J connectivity index is 1.55. The van der Waals surface area contributed by atoms with Crippen molar-refractivity contribution in [2.24, 2.45) is 0 Å². The monoisotopic (exact) mass is 303 g/mol. The molecule has 0 radical (unpaired) electrons. The Morgan fingerprint density at radius 2 is 2.00 bits per heavy atom. The molecule has 0 bridgehead atoms. The third-order valence-electron chi connectivity index (χ3n) is 4.70. The predicted molar refractivity (Wildman–Crippen MR) is 87.2 cm³/mol. The molecule has 0 saturated carbocycles. The zero-order chi connectivity index (χ0) is 15.5. The molecular weight excluding hydrogens is 278 g/mol. The molecule has 2 heterocycles. The van der Waals surface area contributed by atoms with E-state index in [2.05, 4.69) is 42.3 Å². The van der Waals surface area contributed by atoms with Crippen LogP contribution in [0, 0.1) is 13.8 Å². The topological polar surface area (TPSA) is 44.8 Å². The van der Waals surface area contributed by atoms with Crippen molar-refractivity contribution in [3.8, 4) is 0 Å². The van der Waals surface area contributed by atoms with Crippen molar-refractivity contribution in [1.82, 2.24) is 10.2 Å². The Kier molecular flexibility index (Phi) is 4.52. The Morgan fingerprint density at radius 3 is 2.68 bits per heavy atom. The quantitative estimate of drug-likeness (QED) is 0.911. The first-order valence-corrected chi connectivity index (χ1v) is 8.13. The molecule has 2 aliphatic heterocycles. The fourth-order valence-corrected chi connectivity index (χ4v) is 3.15. The lowest BCUT2D eigenvalue weighted by atomic mass is 10.1. The molecule has 5 heteroatoms. The molecule has 2 fully saturated rings. The van der Waals surface area contributed by atoms with E-state index >= 15 is 0 Å². The largest absolute Gasteiger partial charge is 0.368 e. The fraction of sp³-hybridized carbons (Fsp3) is 0.588. The summed E-state index contributed by atoms with van der Waals surface area (Å²) in [5.74, 6) is 0. The van der Waals surface area contributed by atoms with Crippen molar-refractivity contribution in [2.45, 2.75) is 32.9 Å². The van der Waals surface area contributed by atoms with Gasteiger partial charge < -0.3 is 19.9 Å². The van der Waals surface area contributed by atoms with Crippen LogP contribution in [0.25, 0.3) is 0 Å². The van der Waals surface area contributed by atoms with Crippen LogP contribution in [0.2, 0.25) is 0 Å². The van der Waals surface area contributed by atoms with Gasteiger partial charge in [-0.3, -0.25) is 0 Å². The number of nitrogens with zero attached hydrogens (tertiary/aromatic N) is 2. The second-order valence-electron chi connectivity index (χ2n) is 6.14. The molecule has 2 saturated heterocycles. The summed E-state index contributed by atoms with van der Waals surface area (Å²) in [6.07, 6.45) is 1.86. The Bertz CT molecular complexity index is 533. The molecule has 0 spiro atoms. The van der Waals surface area contributed by atoms with E-state index < -0.39 is 0 Å². The van der Waals surface area contributed by atoms with Gasteiger partial charge in [-0.2, -0.15) is 0 Å². The van der Waals surface area contributed by atoms with Crippen LogP contribution < -0.4 is 10.2 Å². The molecule has 2 aliphatic rings. The highest BCUT2D eigenvalue weighted by molar-refractivity contribution is 5.74. The summed E-state index contributed by atoms with van der Waals surface area (Å²) in [6.45, 7) is 8.33. The van der Waals surface area contributed by atoms with Gasteiger partial charge in [0, 0.05) is 38.5 Å². The average Bonchev–Trinajstić information content (AvgIpc) is 3.03. The van der Waals surface area contributed by atoms with E-state index in [0.29, 0.717) is 0 Å². The standard InChI is InChI=1S/C17H25N3O2/c1-13-5-3-6-15(14(13)2)19-8-10-20(11-9-19)17(21)18-16-7-4-12-22-16/h3,5-6,16H,4,7-12H2,1-2H3,(H,18,21). The summed E-state index contributed by atoms with van der Waals surface area (Å²) in [6, 6.07) is 6.43. The molecule has 0 aliphatic carbocycles. The van der Waals surface area contributed by atoms with Crippen LogP contribution in [0.3, 0.4) is 0 Å². The van der Waals surface area contributed by atoms with Crippen LogP contribution in [-0.2, 0) is 4.74 Å². The summed E-state index contributed by atoms with van der Waals surface area (Å²) in [7, 11) is 0.